The Morgan fingerprint density at radius 3 is 2.40 bits per heavy atom. The molecule has 0 bridgehead atoms. The number of sulfonamides is 1. The molecular weight excluding hydrogens is 423 g/mol. The number of hydrogen-bond donors (Lipinski definition) is 1. The highest BCUT2D eigenvalue weighted by Crippen LogP contribution is 2.21. The lowest BCUT2D eigenvalue weighted by molar-refractivity contribution is 0.170. The first-order chi connectivity index (χ1) is 14.3. The Labute approximate surface area is 172 Å². The van der Waals surface area contributed by atoms with Gasteiger partial charge in [0.15, 0.2) is 11.6 Å². The maximum absolute atomic E-state index is 13.9. The van der Waals surface area contributed by atoms with E-state index in [2.05, 4.69) is 5.32 Å². The summed E-state index contributed by atoms with van der Waals surface area (Å²) in [5, 5.41) is 2.61. The lowest BCUT2D eigenvalue weighted by Crippen LogP contribution is -2.53. The molecule has 1 saturated heterocycles. The predicted molar refractivity (Wildman–Crippen MR) is 102 cm³/mol. The zero-order valence-electron chi connectivity index (χ0n) is 15.9. The third-order valence-electron chi connectivity index (χ3n) is 4.51. The van der Waals surface area contributed by atoms with E-state index in [1.807, 2.05) is 0 Å². The van der Waals surface area contributed by atoms with Gasteiger partial charge in [-0.1, -0.05) is 12.1 Å². The summed E-state index contributed by atoms with van der Waals surface area (Å²) in [6.45, 7) is 0.223. The van der Waals surface area contributed by atoms with Gasteiger partial charge < -0.3 is 15.0 Å². The van der Waals surface area contributed by atoms with Crippen LogP contribution in [-0.4, -0.2) is 63.0 Å². The number of carbonyl (C=O) groups is 1. The van der Waals surface area contributed by atoms with E-state index >= 15 is 0 Å². The van der Waals surface area contributed by atoms with Crippen molar-refractivity contribution in [1.29, 1.82) is 0 Å². The summed E-state index contributed by atoms with van der Waals surface area (Å²) < 4.78 is 72.0. The second kappa shape index (κ2) is 9.35. The van der Waals surface area contributed by atoms with Crippen molar-refractivity contribution < 1.29 is 31.1 Å². The fourth-order valence-electron chi connectivity index (χ4n) is 2.94. The molecule has 11 heteroatoms. The minimum Gasteiger partial charge on any atom is -0.489 e. The molecule has 1 fully saturated rings. The van der Waals surface area contributed by atoms with Gasteiger partial charge in [-0.3, -0.25) is 0 Å². The van der Waals surface area contributed by atoms with Gasteiger partial charge in [-0.15, -0.1) is 0 Å². The fourth-order valence-corrected chi connectivity index (χ4v) is 4.44. The number of urea groups is 1. The Morgan fingerprint density at radius 1 is 1.00 bits per heavy atom. The van der Waals surface area contributed by atoms with Crippen LogP contribution in [0.3, 0.4) is 0 Å². The predicted octanol–water partition coefficient (Wildman–Crippen LogP) is 2.20. The molecule has 1 heterocycles. The van der Waals surface area contributed by atoms with Crippen LogP contribution in [-0.2, 0) is 10.0 Å². The summed E-state index contributed by atoms with van der Waals surface area (Å²) in [5.41, 5.74) is 0. The zero-order valence-corrected chi connectivity index (χ0v) is 16.7. The smallest absolute Gasteiger partial charge is 0.317 e. The Bertz CT molecular complexity index is 1010. The van der Waals surface area contributed by atoms with Gasteiger partial charge >= 0.3 is 6.03 Å². The Balaban J connectivity index is 1.48. The molecule has 2 aromatic rings. The summed E-state index contributed by atoms with van der Waals surface area (Å²) >= 11 is 0. The van der Waals surface area contributed by atoms with Gasteiger partial charge in [-0.05, 0) is 30.3 Å². The highest BCUT2D eigenvalue weighted by molar-refractivity contribution is 7.89. The molecule has 1 N–H and O–H groups in total. The van der Waals surface area contributed by atoms with E-state index in [4.69, 9.17) is 4.74 Å². The van der Waals surface area contributed by atoms with Crippen LogP contribution in [0.1, 0.15) is 0 Å². The number of nitrogens with zero attached hydrogens (tertiary/aromatic N) is 2. The molecule has 1 aliphatic rings. The van der Waals surface area contributed by atoms with Crippen LogP contribution < -0.4 is 10.1 Å². The maximum atomic E-state index is 13.9. The quantitative estimate of drug-likeness (QED) is 0.695. The van der Waals surface area contributed by atoms with Gasteiger partial charge in [0, 0.05) is 26.2 Å². The molecule has 2 amide bonds. The van der Waals surface area contributed by atoms with Crippen molar-refractivity contribution in [3.05, 3.63) is 59.9 Å². The van der Waals surface area contributed by atoms with Crippen molar-refractivity contribution in [2.45, 2.75) is 4.90 Å². The molecule has 3 rings (SSSR count). The molecule has 0 spiro atoms. The zero-order chi connectivity index (χ0) is 21.7. The summed E-state index contributed by atoms with van der Waals surface area (Å²) in [6, 6.07) is 7.70. The first-order valence-electron chi connectivity index (χ1n) is 9.14. The van der Waals surface area contributed by atoms with E-state index in [-0.39, 0.29) is 45.1 Å². The Kier molecular flexibility index (Phi) is 6.83. The van der Waals surface area contributed by atoms with Crippen LogP contribution in [0, 0.1) is 17.5 Å². The van der Waals surface area contributed by atoms with Gasteiger partial charge in [-0.2, -0.15) is 4.31 Å². The molecule has 30 heavy (non-hydrogen) atoms. The van der Waals surface area contributed by atoms with Crippen molar-refractivity contribution in [1.82, 2.24) is 14.5 Å². The third-order valence-corrected chi connectivity index (χ3v) is 6.42. The van der Waals surface area contributed by atoms with Crippen LogP contribution >= 0.6 is 0 Å². The van der Waals surface area contributed by atoms with Crippen LogP contribution in [0.4, 0.5) is 18.0 Å². The molecular formula is C19H20F3N3O4S. The van der Waals surface area contributed by atoms with E-state index < -0.39 is 38.4 Å². The van der Waals surface area contributed by atoms with Crippen LogP contribution in [0.5, 0.6) is 5.75 Å². The average Bonchev–Trinajstić information content (AvgIpc) is 2.74. The second-order valence-corrected chi connectivity index (χ2v) is 8.38. The van der Waals surface area contributed by atoms with Gasteiger partial charge in [0.05, 0.1) is 6.54 Å². The second-order valence-electron chi connectivity index (χ2n) is 6.48. The number of nitrogens with one attached hydrogen (secondary N) is 1. The number of rotatable bonds is 6. The largest absolute Gasteiger partial charge is 0.489 e. The van der Waals surface area contributed by atoms with E-state index in [1.54, 1.807) is 6.07 Å². The SMILES string of the molecule is O=C(NCCOc1ccccc1F)N1CCN(S(=O)(=O)c2cc(F)ccc2F)CC1. The van der Waals surface area contributed by atoms with Crippen molar-refractivity contribution in [3.8, 4) is 5.75 Å². The lowest BCUT2D eigenvalue weighted by atomic mass is 10.3. The summed E-state index contributed by atoms with van der Waals surface area (Å²) in [4.78, 5) is 12.9. The van der Waals surface area contributed by atoms with Crippen molar-refractivity contribution >= 4 is 16.1 Å². The summed E-state index contributed by atoms with van der Waals surface area (Å²) in [6.07, 6.45) is 0. The molecule has 7 nitrogen and oxygen atoms in total. The van der Waals surface area contributed by atoms with E-state index in [9.17, 15) is 26.4 Å². The number of para-hydroxylation sites is 1. The summed E-state index contributed by atoms with van der Waals surface area (Å²) in [5.74, 6) is -2.32. The topological polar surface area (TPSA) is 79.0 Å². The Morgan fingerprint density at radius 2 is 1.70 bits per heavy atom. The fraction of sp³-hybridized carbons (Fsp3) is 0.316. The molecule has 0 saturated carbocycles. The molecule has 1 aliphatic heterocycles. The first-order valence-corrected chi connectivity index (χ1v) is 10.6. The van der Waals surface area contributed by atoms with Crippen molar-refractivity contribution in [3.63, 3.8) is 0 Å². The van der Waals surface area contributed by atoms with Crippen molar-refractivity contribution in [2.75, 3.05) is 39.3 Å². The monoisotopic (exact) mass is 443 g/mol. The van der Waals surface area contributed by atoms with Gasteiger partial charge in [-0.25, -0.2) is 26.4 Å². The van der Waals surface area contributed by atoms with Gasteiger partial charge in [0.2, 0.25) is 10.0 Å². The van der Waals surface area contributed by atoms with Crippen LogP contribution in [0.15, 0.2) is 47.4 Å². The molecule has 0 radical (unpaired) electrons. The number of piperazine rings is 1. The van der Waals surface area contributed by atoms with E-state index in [1.165, 1.54) is 23.1 Å². The standard InChI is InChI=1S/C19H20F3N3O4S/c20-14-5-6-16(22)18(13-14)30(27,28)25-10-8-24(9-11-25)19(26)23-7-12-29-17-4-2-1-3-15(17)21/h1-6,13H,7-12H2,(H,23,26). The molecule has 2 aromatic carbocycles. The normalized spacial score (nSPS) is 15.1. The van der Waals surface area contributed by atoms with Crippen LogP contribution in [0.2, 0.25) is 0 Å². The van der Waals surface area contributed by atoms with Gasteiger partial charge in [0.25, 0.3) is 0 Å². The number of ether oxygens (including phenoxy) is 1. The molecule has 0 atom stereocenters. The van der Waals surface area contributed by atoms with Crippen LogP contribution in [0.25, 0.3) is 0 Å². The summed E-state index contributed by atoms with van der Waals surface area (Å²) in [7, 11) is -4.22. The average molecular weight is 443 g/mol. The maximum Gasteiger partial charge on any atom is 0.317 e. The molecule has 162 valence electrons. The van der Waals surface area contributed by atoms with E-state index in [0.29, 0.717) is 6.07 Å². The number of hydrogen-bond acceptors (Lipinski definition) is 4. The molecule has 0 aromatic heterocycles. The number of halogens is 3. The Hall–Kier alpha value is -2.79. The minimum absolute atomic E-state index is 0.0554. The highest BCUT2D eigenvalue weighted by atomic mass is 32.2. The molecule has 0 aliphatic carbocycles. The first kappa shape index (κ1) is 21.9. The van der Waals surface area contributed by atoms with Gasteiger partial charge in [0.1, 0.15) is 23.1 Å². The van der Waals surface area contributed by atoms with Crippen molar-refractivity contribution in [2.24, 2.45) is 0 Å². The third kappa shape index (κ3) is 5.03. The molecule has 0 unspecified atom stereocenters. The highest BCUT2D eigenvalue weighted by Gasteiger charge is 2.32. The number of benzene rings is 2. The minimum atomic E-state index is -4.22. The van der Waals surface area contributed by atoms with E-state index in [0.717, 1.165) is 16.4 Å². The lowest BCUT2D eigenvalue weighted by Gasteiger charge is -2.34. The number of carbonyl (C=O) groups excluding carboxylic acids is 1. The number of amides is 2.